The van der Waals surface area contributed by atoms with E-state index in [4.69, 9.17) is 4.74 Å². The van der Waals surface area contributed by atoms with Crippen molar-refractivity contribution in [2.24, 2.45) is 5.41 Å². The minimum Gasteiger partial charge on any atom is -0.489 e. The molecule has 1 N–H and O–H groups in total. The Bertz CT molecular complexity index is 437. The number of para-hydroxylation sites is 1. The molecule has 0 aliphatic heterocycles. The molecule has 0 bridgehead atoms. The van der Waals surface area contributed by atoms with Crippen LogP contribution in [0.4, 0.5) is 0 Å². The normalized spacial score (nSPS) is 28.9. The Balaban J connectivity index is 1.76. The molecule has 2 saturated carbocycles. The van der Waals surface area contributed by atoms with E-state index in [1.807, 2.05) is 0 Å². The second-order valence-electron chi connectivity index (χ2n) is 6.24. The van der Waals surface area contributed by atoms with Crippen molar-refractivity contribution in [1.82, 2.24) is 5.32 Å². The molecule has 2 aliphatic rings. The lowest BCUT2D eigenvalue weighted by molar-refractivity contribution is -0.101. The molecule has 2 fully saturated rings. The van der Waals surface area contributed by atoms with Crippen LogP contribution in [0.3, 0.4) is 0 Å². The van der Waals surface area contributed by atoms with Crippen molar-refractivity contribution in [2.45, 2.75) is 57.6 Å². The molecule has 104 valence electrons. The summed E-state index contributed by atoms with van der Waals surface area (Å²) in [6.45, 7) is 2.14. The average Bonchev–Trinajstić information content (AvgIpc) is 2.45. The third-order valence-electron chi connectivity index (χ3n) is 5.28. The number of ether oxygens (including phenoxy) is 1. The molecule has 2 unspecified atom stereocenters. The van der Waals surface area contributed by atoms with Crippen LogP contribution in [-0.4, -0.2) is 19.2 Å². The van der Waals surface area contributed by atoms with Crippen LogP contribution in [0.1, 0.15) is 44.1 Å². The Morgan fingerprint density at radius 3 is 2.58 bits per heavy atom. The van der Waals surface area contributed by atoms with E-state index in [-0.39, 0.29) is 0 Å². The molecule has 0 saturated heterocycles. The number of benzene rings is 1. The summed E-state index contributed by atoms with van der Waals surface area (Å²) in [6.07, 6.45) is 8.35. The maximum atomic E-state index is 6.37. The third-order valence-corrected chi connectivity index (χ3v) is 5.28. The first-order chi connectivity index (χ1) is 9.26. The van der Waals surface area contributed by atoms with Gasteiger partial charge in [-0.05, 0) is 38.4 Å². The zero-order valence-corrected chi connectivity index (χ0v) is 12.1. The van der Waals surface area contributed by atoms with E-state index in [1.165, 1.54) is 37.7 Å². The van der Waals surface area contributed by atoms with Crippen LogP contribution in [0.5, 0.6) is 5.75 Å². The summed E-state index contributed by atoms with van der Waals surface area (Å²) in [4.78, 5) is 0. The Kier molecular flexibility index (Phi) is 3.53. The fraction of sp³-hybridized carbons (Fsp3) is 0.647. The van der Waals surface area contributed by atoms with Gasteiger partial charge in [0.1, 0.15) is 11.9 Å². The quantitative estimate of drug-likeness (QED) is 0.894. The minimum atomic E-state index is 0.398. The number of nitrogens with one attached hydrogen (secondary N) is 1. The van der Waals surface area contributed by atoms with Crippen LogP contribution in [0.15, 0.2) is 24.3 Å². The highest BCUT2D eigenvalue weighted by Crippen LogP contribution is 2.53. The highest BCUT2D eigenvalue weighted by Gasteiger charge is 2.55. The Morgan fingerprint density at radius 1 is 1.16 bits per heavy atom. The Labute approximate surface area is 116 Å². The highest BCUT2D eigenvalue weighted by molar-refractivity contribution is 5.32. The van der Waals surface area contributed by atoms with Crippen molar-refractivity contribution in [3.8, 4) is 5.75 Å². The predicted octanol–water partition coefficient (Wildman–Crippen LogP) is 3.68. The maximum absolute atomic E-state index is 6.37. The van der Waals surface area contributed by atoms with E-state index in [9.17, 15) is 0 Å². The smallest absolute Gasteiger partial charge is 0.122 e. The predicted molar refractivity (Wildman–Crippen MR) is 78.6 cm³/mol. The van der Waals surface area contributed by atoms with Crippen molar-refractivity contribution < 1.29 is 4.74 Å². The van der Waals surface area contributed by atoms with Crippen molar-refractivity contribution in [3.05, 3.63) is 29.8 Å². The summed E-state index contributed by atoms with van der Waals surface area (Å²) < 4.78 is 6.37. The molecule has 19 heavy (non-hydrogen) atoms. The van der Waals surface area contributed by atoms with Crippen LogP contribution >= 0.6 is 0 Å². The van der Waals surface area contributed by atoms with E-state index in [1.54, 1.807) is 0 Å². The SMILES string of the molecule is CNC1CC(Oc2ccccc2C)C12CCCCC2. The summed E-state index contributed by atoms with van der Waals surface area (Å²) in [5.74, 6) is 1.08. The number of rotatable bonds is 3. The number of aryl methyl sites for hydroxylation is 1. The monoisotopic (exact) mass is 259 g/mol. The fourth-order valence-corrected chi connectivity index (χ4v) is 4.04. The van der Waals surface area contributed by atoms with Gasteiger partial charge in [0.25, 0.3) is 0 Å². The molecule has 2 aliphatic carbocycles. The zero-order chi connectivity index (χ0) is 13.3. The second-order valence-corrected chi connectivity index (χ2v) is 6.24. The molecule has 3 rings (SSSR count). The first-order valence-corrected chi connectivity index (χ1v) is 7.66. The largest absolute Gasteiger partial charge is 0.489 e. The van der Waals surface area contributed by atoms with Crippen molar-refractivity contribution in [3.63, 3.8) is 0 Å². The van der Waals surface area contributed by atoms with Crippen molar-refractivity contribution in [1.29, 1.82) is 0 Å². The van der Waals surface area contributed by atoms with Gasteiger partial charge >= 0.3 is 0 Å². The topological polar surface area (TPSA) is 21.3 Å². The van der Waals surface area contributed by atoms with E-state index in [0.29, 0.717) is 17.6 Å². The third kappa shape index (κ3) is 2.16. The first-order valence-electron chi connectivity index (χ1n) is 7.66. The van der Waals surface area contributed by atoms with Gasteiger partial charge in [0, 0.05) is 17.9 Å². The van der Waals surface area contributed by atoms with Gasteiger partial charge in [-0.3, -0.25) is 0 Å². The van der Waals surface area contributed by atoms with Gasteiger partial charge in [0.2, 0.25) is 0 Å². The van der Waals surface area contributed by atoms with Gasteiger partial charge in [0.15, 0.2) is 0 Å². The Hall–Kier alpha value is -1.02. The molecule has 0 amide bonds. The van der Waals surface area contributed by atoms with Crippen molar-refractivity contribution >= 4 is 0 Å². The molecular weight excluding hydrogens is 234 g/mol. The Morgan fingerprint density at radius 2 is 1.89 bits per heavy atom. The summed E-state index contributed by atoms with van der Waals surface area (Å²) in [6, 6.07) is 9.05. The van der Waals surface area contributed by atoms with Crippen molar-refractivity contribution in [2.75, 3.05) is 7.05 Å². The zero-order valence-electron chi connectivity index (χ0n) is 12.1. The molecule has 1 aromatic carbocycles. The second kappa shape index (κ2) is 5.16. The summed E-state index contributed by atoms with van der Waals surface area (Å²) in [7, 11) is 2.10. The van der Waals surface area contributed by atoms with E-state index in [2.05, 4.69) is 43.6 Å². The van der Waals surface area contributed by atoms with Crippen LogP contribution in [0.2, 0.25) is 0 Å². The lowest BCUT2D eigenvalue weighted by Gasteiger charge is -2.57. The van der Waals surface area contributed by atoms with Gasteiger partial charge in [-0.2, -0.15) is 0 Å². The van der Waals surface area contributed by atoms with Gasteiger partial charge < -0.3 is 10.1 Å². The van der Waals surface area contributed by atoms with Crippen LogP contribution in [0, 0.1) is 12.3 Å². The molecule has 0 heterocycles. The van der Waals surface area contributed by atoms with Gasteiger partial charge in [-0.25, -0.2) is 0 Å². The lowest BCUT2D eigenvalue weighted by atomic mass is 9.55. The maximum Gasteiger partial charge on any atom is 0.122 e. The van der Waals surface area contributed by atoms with Gasteiger partial charge in [-0.15, -0.1) is 0 Å². The van der Waals surface area contributed by atoms with E-state index in [0.717, 1.165) is 12.2 Å². The molecule has 2 nitrogen and oxygen atoms in total. The standard InChI is InChI=1S/C17H25NO/c1-13-8-4-5-9-14(13)19-16-12-15(18-2)17(16)10-6-3-7-11-17/h4-5,8-9,15-16,18H,3,6-7,10-12H2,1-2H3. The first kappa shape index (κ1) is 13.0. The van der Waals surface area contributed by atoms with Crippen LogP contribution in [-0.2, 0) is 0 Å². The highest BCUT2D eigenvalue weighted by atomic mass is 16.5. The van der Waals surface area contributed by atoms with E-state index >= 15 is 0 Å². The van der Waals surface area contributed by atoms with Crippen LogP contribution < -0.4 is 10.1 Å². The molecule has 0 radical (unpaired) electrons. The number of hydrogen-bond acceptors (Lipinski definition) is 2. The molecule has 1 spiro atoms. The van der Waals surface area contributed by atoms with Gasteiger partial charge in [0.05, 0.1) is 0 Å². The molecule has 2 heteroatoms. The molecular formula is C17H25NO. The summed E-state index contributed by atoms with van der Waals surface area (Å²) >= 11 is 0. The molecule has 0 aromatic heterocycles. The molecule has 1 aromatic rings. The summed E-state index contributed by atoms with van der Waals surface area (Å²) in [5.41, 5.74) is 1.65. The lowest BCUT2D eigenvalue weighted by Crippen LogP contribution is -2.64. The fourth-order valence-electron chi connectivity index (χ4n) is 4.04. The minimum absolute atomic E-state index is 0.398. The number of hydrogen-bond donors (Lipinski definition) is 1. The summed E-state index contributed by atoms with van der Waals surface area (Å²) in [5, 5.41) is 3.51. The molecule has 2 atom stereocenters. The van der Waals surface area contributed by atoms with Gasteiger partial charge in [-0.1, -0.05) is 37.5 Å². The van der Waals surface area contributed by atoms with E-state index < -0.39 is 0 Å². The average molecular weight is 259 g/mol. The van der Waals surface area contributed by atoms with Crippen LogP contribution in [0.25, 0.3) is 0 Å².